The first-order valence-electron chi connectivity index (χ1n) is 8.59. The monoisotopic (exact) mass is 346 g/mol. The molecule has 0 aliphatic carbocycles. The highest BCUT2D eigenvalue weighted by atomic mass is 32.2. The van der Waals surface area contributed by atoms with Gasteiger partial charge in [0.2, 0.25) is 0 Å². The molecule has 0 saturated carbocycles. The van der Waals surface area contributed by atoms with Gasteiger partial charge in [0.25, 0.3) is 0 Å². The van der Waals surface area contributed by atoms with E-state index in [1.807, 2.05) is 38.1 Å². The summed E-state index contributed by atoms with van der Waals surface area (Å²) >= 11 is 1.77. The van der Waals surface area contributed by atoms with Crippen LogP contribution in [0.1, 0.15) is 52.0 Å². The van der Waals surface area contributed by atoms with Crippen LogP contribution < -0.4 is 0 Å². The van der Waals surface area contributed by atoms with Crippen LogP contribution in [0.5, 0.6) is 0 Å². The molecule has 2 unspecified atom stereocenters. The van der Waals surface area contributed by atoms with Crippen LogP contribution >= 0.6 is 11.8 Å². The molecule has 1 aromatic heterocycles. The van der Waals surface area contributed by atoms with E-state index in [4.69, 9.17) is 4.74 Å². The van der Waals surface area contributed by atoms with Gasteiger partial charge in [0.1, 0.15) is 5.60 Å². The maximum atomic E-state index is 12.7. The third-order valence-corrected chi connectivity index (χ3v) is 5.55. The van der Waals surface area contributed by atoms with Gasteiger partial charge < -0.3 is 4.74 Å². The third-order valence-electron chi connectivity index (χ3n) is 4.64. The van der Waals surface area contributed by atoms with Crippen LogP contribution in [-0.2, 0) is 4.74 Å². The summed E-state index contributed by atoms with van der Waals surface area (Å²) in [6.07, 6.45) is 9.85. The highest BCUT2D eigenvalue weighted by Gasteiger charge is 2.45. The van der Waals surface area contributed by atoms with Crippen LogP contribution in [0.2, 0.25) is 0 Å². The van der Waals surface area contributed by atoms with Gasteiger partial charge in [-0.05, 0) is 76.0 Å². The minimum absolute atomic E-state index is 0.164. The van der Waals surface area contributed by atoms with Gasteiger partial charge in [0.15, 0.2) is 0 Å². The predicted octanol–water partition coefficient (Wildman–Crippen LogP) is 4.72. The molecule has 130 valence electrons. The van der Waals surface area contributed by atoms with Crippen molar-refractivity contribution in [1.82, 2.24) is 9.88 Å². The Balaban J connectivity index is 1.94. The summed E-state index contributed by atoms with van der Waals surface area (Å²) < 4.78 is 5.67. The largest absolute Gasteiger partial charge is 0.444 e. The minimum Gasteiger partial charge on any atom is -0.444 e. The molecule has 24 heavy (non-hydrogen) atoms. The van der Waals surface area contributed by atoms with E-state index in [0.29, 0.717) is 0 Å². The first-order valence-corrected chi connectivity index (χ1v) is 9.82. The maximum absolute atomic E-state index is 12.7. The molecular formula is C19H26N2O2S. The van der Waals surface area contributed by atoms with E-state index in [1.165, 1.54) is 22.5 Å². The highest BCUT2D eigenvalue weighted by Crippen LogP contribution is 2.45. The summed E-state index contributed by atoms with van der Waals surface area (Å²) in [6, 6.07) is 4.56. The van der Waals surface area contributed by atoms with Crippen LogP contribution in [0.3, 0.4) is 0 Å². The Labute approximate surface area is 148 Å². The van der Waals surface area contributed by atoms with Gasteiger partial charge in [0, 0.05) is 23.3 Å². The Morgan fingerprint density at radius 3 is 2.62 bits per heavy atom. The van der Waals surface area contributed by atoms with Gasteiger partial charge in [-0.15, -0.1) is 11.8 Å². The van der Waals surface area contributed by atoms with Crippen molar-refractivity contribution < 1.29 is 9.53 Å². The van der Waals surface area contributed by atoms with E-state index < -0.39 is 5.60 Å². The smallest absolute Gasteiger partial charge is 0.411 e. The van der Waals surface area contributed by atoms with Gasteiger partial charge in [-0.2, -0.15) is 0 Å². The van der Waals surface area contributed by atoms with Crippen molar-refractivity contribution in [3.05, 3.63) is 35.7 Å². The number of piperidine rings is 1. The fraction of sp³-hybridized carbons (Fsp3) is 0.579. The van der Waals surface area contributed by atoms with Crippen LogP contribution in [0.4, 0.5) is 4.79 Å². The van der Waals surface area contributed by atoms with E-state index in [1.54, 1.807) is 11.8 Å². The van der Waals surface area contributed by atoms with E-state index >= 15 is 0 Å². The van der Waals surface area contributed by atoms with E-state index in [-0.39, 0.29) is 18.2 Å². The number of carbonyl (C=O) groups excluding carboxylic acids is 1. The first-order chi connectivity index (χ1) is 11.4. The van der Waals surface area contributed by atoms with Crippen LogP contribution in [-0.4, -0.2) is 39.9 Å². The van der Waals surface area contributed by atoms with Crippen molar-refractivity contribution in [2.24, 2.45) is 0 Å². The zero-order valence-electron chi connectivity index (χ0n) is 14.9. The predicted molar refractivity (Wildman–Crippen MR) is 98.8 cm³/mol. The third kappa shape index (κ3) is 3.46. The van der Waals surface area contributed by atoms with Gasteiger partial charge >= 0.3 is 6.09 Å². The highest BCUT2D eigenvalue weighted by molar-refractivity contribution is 8.07. The van der Waals surface area contributed by atoms with E-state index in [2.05, 4.69) is 23.4 Å². The number of amides is 1. The number of aromatic nitrogens is 1. The molecular weight excluding hydrogens is 320 g/mol. The molecule has 2 bridgehead atoms. The fourth-order valence-electron chi connectivity index (χ4n) is 3.78. The molecule has 2 atom stereocenters. The standard InChI is InChI=1S/C19H26N2O2S/c1-19(2,3)23-18(22)21-14-6-5-7-16(21)15(12-14)17(24-4)13-8-10-20-11-9-13/h8-11,14,16H,5-7,12H2,1-4H3. The van der Waals surface area contributed by atoms with Crippen molar-refractivity contribution in [2.75, 3.05) is 6.26 Å². The lowest BCUT2D eigenvalue weighted by molar-refractivity contribution is 0.00920. The van der Waals surface area contributed by atoms with Crippen molar-refractivity contribution >= 4 is 22.8 Å². The van der Waals surface area contributed by atoms with Gasteiger partial charge in [-0.3, -0.25) is 9.88 Å². The molecule has 3 heterocycles. The number of ether oxygens (including phenoxy) is 1. The maximum Gasteiger partial charge on any atom is 0.411 e. The second-order valence-corrected chi connectivity index (χ2v) is 8.30. The van der Waals surface area contributed by atoms with Gasteiger partial charge in [0.05, 0.1) is 6.04 Å². The first kappa shape index (κ1) is 17.3. The molecule has 0 radical (unpaired) electrons. The average Bonchev–Trinajstić information content (AvgIpc) is 2.74. The fourth-order valence-corrected chi connectivity index (χ4v) is 4.64. The number of hydrogen-bond donors (Lipinski definition) is 0. The van der Waals surface area contributed by atoms with Crippen molar-refractivity contribution in [1.29, 1.82) is 0 Å². The number of fused-ring (bicyclic) bond motifs is 2. The summed E-state index contributed by atoms with van der Waals surface area (Å²) in [4.78, 5) is 20.1. The molecule has 0 N–H and O–H groups in total. The lowest BCUT2D eigenvalue weighted by Crippen LogP contribution is -2.46. The number of nitrogens with zero attached hydrogens (tertiary/aromatic N) is 2. The summed E-state index contributed by atoms with van der Waals surface area (Å²) in [5, 5.41) is 0. The van der Waals surface area contributed by atoms with E-state index in [0.717, 1.165) is 19.3 Å². The molecule has 2 aliphatic rings. The van der Waals surface area contributed by atoms with Gasteiger partial charge in [-0.1, -0.05) is 0 Å². The summed E-state index contributed by atoms with van der Waals surface area (Å²) in [7, 11) is 0. The molecule has 1 amide bonds. The second-order valence-electron chi connectivity index (χ2n) is 7.49. The summed E-state index contributed by atoms with van der Waals surface area (Å²) in [6.45, 7) is 5.79. The molecule has 3 rings (SSSR count). The molecule has 0 aromatic carbocycles. The topological polar surface area (TPSA) is 42.4 Å². The lowest BCUT2D eigenvalue weighted by Gasteiger charge is -2.36. The number of carbonyl (C=O) groups is 1. The van der Waals surface area contributed by atoms with Crippen LogP contribution in [0.25, 0.3) is 4.91 Å². The molecule has 2 fully saturated rings. The quantitative estimate of drug-likeness (QED) is 0.777. The van der Waals surface area contributed by atoms with Gasteiger partial charge in [-0.25, -0.2) is 4.79 Å². The number of hydrogen-bond acceptors (Lipinski definition) is 4. The SMILES string of the molecule is CSC(=C1CC2CCCC1N2C(=O)OC(C)(C)C)c1ccncc1. The molecule has 4 nitrogen and oxygen atoms in total. The molecule has 2 saturated heterocycles. The number of pyridine rings is 1. The van der Waals surface area contributed by atoms with Crippen molar-refractivity contribution in [2.45, 2.75) is 64.1 Å². The zero-order valence-corrected chi connectivity index (χ0v) is 15.7. The molecule has 1 aromatic rings. The zero-order chi connectivity index (χ0) is 17.3. The molecule has 5 heteroatoms. The Bertz CT molecular complexity index is 637. The summed E-state index contributed by atoms with van der Waals surface area (Å²) in [5.41, 5.74) is 2.14. The van der Waals surface area contributed by atoms with E-state index in [9.17, 15) is 4.79 Å². The normalized spacial score (nSPS) is 25.6. The molecule has 2 aliphatic heterocycles. The second kappa shape index (κ2) is 6.79. The Hall–Kier alpha value is -1.49. The van der Waals surface area contributed by atoms with Crippen molar-refractivity contribution in [3.8, 4) is 0 Å². The average molecular weight is 346 g/mol. The lowest BCUT2D eigenvalue weighted by atomic mass is 10.0. The Kier molecular flexibility index (Phi) is 4.90. The van der Waals surface area contributed by atoms with Crippen LogP contribution in [0.15, 0.2) is 30.1 Å². The molecule has 0 spiro atoms. The van der Waals surface area contributed by atoms with Crippen LogP contribution in [0, 0.1) is 0 Å². The Morgan fingerprint density at radius 1 is 1.29 bits per heavy atom. The summed E-state index contributed by atoms with van der Waals surface area (Å²) in [5.74, 6) is 0. The Morgan fingerprint density at radius 2 is 2.00 bits per heavy atom. The minimum atomic E-state index is -0.453. The van der Waals surface area contributed by atoms with Crippen molar-refractivity contribution in [3.63, 3.8) is 0 Å². The number of rotatable bonds is 2. The number of thioether (sulfide) groups is 1.